The molecule has 0 aliphatic heterocycles. The Bertz CT molecular complexity index is 459. The van der Waals surface area contributed by atoms with Gasteiger partial charge in [-0.1, -0.05) is 19.3 Å². The van der Waals surface area contributed by atoms with Gasteiger partial charge in [0.25, 0.3) is 11.6 Å². The third-order valence-electron chi connectivity index (χ3n) is 2.21. The topological polar surface area (TPSA) is 88.0 Å². The molecule has 1 aromatic heterocycles. The summed E-state index contributed by atoms with van der Waals surface area (Å²) in [5.74, 6) is 2.02. The maximum Gasteiger partial charge on any atom is 0.287 e. The molecular formula is C11H13N3O3. The summed E-state index contributed by atoms with van der Waals surface area (Å²) in [5.41, 5.74) is -0.0176. The van der Waals surface area contributed by atoms with Crippen molar-refractivity contribution >= 4 is 11.6 Å². The highest BCUT2D eigenvalue weighted by atomic mass is 16.6. The normalized spacial score (nSPS) is 11.5. The largest absolute Gasteiger partial charge is 0.351 e. The Kier molecular flexibility index (Phi) is 4.29. The smallest absolute Gasteiger partial charge is 0.287 e. The Morgan fingerprint density at radius 2 is 2.47 bits per heavy atom. The Labute approximate surface area is 98.6 Å². The Hall–Kier alpha value is -2.29. The molecule has 1 rings (SSSR count). The Balaban J connectivity index is 2.69. The van der Waals surface area contributed by atoms with Crippen molar-refractivity contribution in [2.45, 2.75) is 25.8 Å². The lowest BCUT2D eigenvalue weighted by atomic mass is 10.2. The molecule has 1 aromatic rings. The summed E-state index contributed by atoms with van der Waals surface area (Å²) >= 11 is 0. The summed E-state index contributed by atoms with van der Waals surface area (Å²) in [7, 11) is 0. The van der Waals surface area contributed by atoms with E-state index in [-0.39, 0.29) is 17.4 Å². The van der Waals surface area contributed by atoms with Gasteiger partial charge in [-0.3, -0.25) is 14.9 Å². The van der Waals surface area contributed by atoms with Crippen LogP contribution in [0.25, 0.3) is 0 Å². The number of carbonyl (C=O) groups excluding carboxylic acids is 1. The van der Waals surface area contributed by atoms with Crippen LogP contribution in [-0.2, 0) is 0 Å². The molecule has 1 heterocycles. The fourth-order valence-electron chi connectivity index (χ4n) is 1.34. The molecule has 1 amide bonds. The number of nitrogens with one attached hydrogen (secondary N) is 2. The lowest BCUT2D eigenvalue weighted by Gasteiger charge is -2.10. The maximum absolute atomic E-state index is 11.7. The molecule has 1 unspecified atom stereocenters. The summed E-state index contributed by atoms with van der Waals surface area (Å²) in [6.45, 7) is 1.95. The highest BCUT2D eigenvalue weighted by Crippen LogP contribution is 2.12. The van der Waals surface area contributed by atoms with Crippen molar-refractivity contribution in [1.29, 1.82) is 0 Å². The molecule has 17 heavy (non-hydrogen) atoms. The zero-order chi connectivity index (χ0) is 12.8. The number of aromatic amines is 1. The van der Waals surface area contributed by atoms with Crippen LogP contribution in [0.3, 0.4) is 0 Å². The fraction of sp³-hybridized carbons (Fsp3) is 0.364. The van der Waals surface area contributed by atoms with E-state index in [4.69, 9.17) is 6.42 Å². The van der Waals surface area contributed by atoms with E-state index in [0.29, 0.717) is 6.42 Å². The van der Waals surface area contributed by atoms with Crippen molar-refractivity contribution in [3.63, 3.8) is 0 Å². The SMILES string of the molecule is C#CC(CCC)NC(=O)c1cc([N+](=O)[O-])c[nH]1. The van der Waals surface area contributed by atoms with Gasteiger partial charge in [0.05, 0.1) is 17.2 Å². The molecule has 0 aromatic carbocycles. The first-order valence-corrected chi connectivity index (χ1v) is 5.18. The third kappa shape index (κ3) is 3.34. The minimum Gasteiger partial charge on any atom is -0.351 e. The zero-order valence-electron chi connectivity index (χ0n) is 9.40. The number of aromatic nitrogens is 1. The minimum absolute atomic E-state index is 0.132. The van der Waals surface area contributed by atoms with Gasteiger partial charge >= 0.3 is 0 Å². The molecular weight excluding hydrogens is 222 g/mol. The van der Waals surface area contributed by atoms with Gasteiger partial charge in [-0.25, -0.2) is 0 Å². The van der Waals surface area contributed by atoms with E-state index < -0.39 is 10.8 Å². The molecule has 0 radical (unpaired) electrons. The molecule has 1 atom stereocenters. The highest BCUT2D eigenvalue weighted by molar-refractivity contribution is 5.93. The Morgan fingerprint density at radius 3 is 2.94 bits per heavy atom. The number of carbonyl (C=O) groups is 1. The van der Waals surface area contributed by atoms with Crippen molar-refractivity contribution in [3.8, 4) is 12.3 Å². The number of H-pyrrole nitrogens is 1. The predicted octanol–water partition coefficient (Wildman–Crippen LogP) is 1.45. The Morgan fingerprint density at radius 1 is 1.76 bits per heavy atom. The van der Waals surface area contributed by atoms with Crippen LogP contribution in [0.15, 0.2) is 12.3 Å². The van der Waals surface area contributed by atoms with Crippen molar-refractivity contribution < 1.29 is 9.72 Å². The van der Waals surface area contributed by atoms with Gasteiger partial charge in [-0.2, -0.15) is 0 Å². The summed E-state index contributed by atoms with van der Waals surface area (Å²) in [6.07, 6.45) is 7.94. The van der Waals surface area contributed by atoms with Gasteiger partial charge in [0.2, 0.25) is 0 Å². The molecule has 2 N–H and O–H groups in total. The second-order valence-corrected chi connectivity index (χ2v) is 3.51. The summed E-state index contributed by atoms with van der Waals surface area (Å²) in [4.78, 5) is 24.1. The van der Waals surface area contributed by atoms with Crippen LogP contribution in [-0.4, -0.2) is 21.9 Å². The second-order valence-electron chi connectivity index (χ2n) is 3.51. The van der Waals surface area contributed by atoms with E-state index in [9.17, 15) is 14.9 Å². The average molecular weight is 235 g/mol. The second kappa shape index (κ2) is 5.70. The molecule has 0 bridgehead atoms. The fourth-order valence-corrected chi connectivity index (χ4v) is 1.34. The van der Waals surface area contributed by atoms with Gasteiger partial charge in [0.1, 0.15) is 5.69 Å². The standard InChI is InChI=1S/C11H13N3O3/c1-3-5-8(4-2)13-11(15)10-6-9(7-12-10)14(16)17/h2,6-8,12H,3,5H2,1H3,(H,13,15). The van der Waals surface area contributed by atoms with Crippen molar-refractivity contribution in [1.82, 2.24) is 10.3 Å². The maximum atomic E-state index is 11.7. The molecule has 0 fully saturated rings. The first kappa shape index (κ1) is 12.8. The zero-order valence-corrected chi connectivity index (χ0v) is 9.40. The molecule has 0 aliphatic carbocycles. The van der Waals surface area contributed by atoms with Gasteiger partial charge < -0.3 is 10.3 Å². The monoisotopic (exact) mass is 235 g/mol. The first-order chi connectivity index (χ1) is 8.08. The summed E-state index contributed by atoms with van der Waals surface area (Å²) in [5, 5.41) is 13.0. The van der Waals surface area contributed by atoms with Crippen molar-refractivity contribution in [3.05, 3.63) is 28.1 Å². The van der Waals surface area contributed by atoms with Gasteiger partial charge in [-0.15, -0.1) is 6.42 Å². The number of amides is 1. The van der Waals surface area contributed by atoms with E-state index >= 15 is 0 Å². The van der Waals surface area contributed by atoms with E-state index in [0.717, 1.165) is 6.42 Å². The molecule has 6 heteroatoms. The molecule has 0 saturated carbocycles. The van der Waals surface area contributed by atoms with Crippen LogP contribution < -0.4 is 5.32 Å². The highest BCUT2D eigenvalue weighted by Gasteiger charge is 2.16. The molecule has 90 valence electrons. The van der Waals surface area contributed by atoms with Gasteiger partial charge in [0, 0.05) is 6.07 Å². The lowest BCUT2D eigenvalue weighted by Crippen LogP contribution is -2.33. The first-order valence-electron chi connectivity index (χ1n) is 5.18. The van der Waals surface area contributed by atoms with Crippen LogP contribution in [0.4, 0.5) is 5.69 Å². The molecule has 0 saturated heterocycles. The summed E-state index contributed by atoms with van der Waals surface area (Å²) < 4.78 is 0. The number of nitrogens with zero attached hydrogens (tertiary/aromatic N) is 1. The van der Waals surface area contributed by atoms with Crippen LogP contribution in [0.1, 0.15) is 30.3 Å². The predicted molar refractivity (Wildman–Crippen MR) is 62.4 cm³/mol. The molecule has 0 aliphatic rings. The number of hydrogen-bond donors (Lipinski definition) is 2. The van der Waals surface area contributed by atoms with Crippen LogP contribution in [0.5, 0.6) is 0 Å². The number of terminal acetylenes is 1. The van der Waals surface area contributed by atoms with Crippen molar-refractivity contribution in [2.24, 2.45) is 0 Å². The van der Waals surface area contributed by atoms with E-state index in [1.807, 2.05) is 6.92 Å². The van der Waals surface area contributed by atoms with Crippen LogP contribution >= 0.6 is 0 Å². The molecule has 0 spiro atoms. The van der Waals surface area contributed by atoms with Crippen molar-refractivity contribution in [2.75, 3.05) is 0 Å². The quantitative estimate of drug-likeness (QED) is 0.460. The van der Waals surface area contributed by atoms with E-state index in [2.05, 4.69) is 16.2 Å². The van der Waals surface area contributed by atoms with Crippen LogP contribution in [0.2, 0.25) is 0 Å². The average Bonchev–Trinajstić information content (AvgIpc) is 2.77. The lowest BCUT2D eigenvalue weighted by molar-refractivity contribution is -0.384. The van der Waals surface area contributed by atoms with Gasteiger partial charge in [0.15, 0.2) is 0 Å². The summed E-state index contributed by atoms with van der Waals surface area (Å²) in [6, 6.07) is 0.823. The van der Waals surface area contributed by atoms with Gasteiger partial charge in [-0.05, 0) is 6.42 Å². The van der Waals surface area contributed by atoms with Crippen LogP contribution in [0, 0.1) is 22.5 Å². The van der Waals surface area contributed by atoms with E-state index in [1.54, 1.807) is 0 Å². The molecule has 6 nitrogen and oxygen atoms in total. The van der Waals surface area contributed by atoms with E-state index in [1.165, 1.54) is 12.3 Å². The number of hydrogen-bond acceptors (Lipinski definition) is 3. The minimum atomic E-state index is -0.571. The number of nitro groups is 1. The number of rotatable bonds is 5. The third-order valence-corrected chi connectivity index (χ3v) is 2.21.